The van der Waals surface area contributed by atoms with Crippen LogP contribution in [0.15, 0.2) is 10.6 Å². The Balaban J connectivity index is 1.96. The Morgan fingerprint density at radius 1 is 1.30 bits per heavy atom. The summed E-state index contributed by atoms with van der Waals surface area (Å²) in [5.41, 5.74) is 2.57. The summed E-state index contributed by atoms with van der Waals surface area (Å²) in [4.78, 5) is 21.4. The van der Waals surface area contributed by atoms with Crippen LogP contribution in [0, 0.1) is 19.8 Å². The highest BCUT2D eigenvalue weighted by Crippen LogP contribution is 2.31. The van der Waals surface area contributed by atoms with Crippen molar-refractivity contribution in [3.63, 3.8) is 0 Å². The molecule has 1 fully saturated rings. The third kappa shape index (κ3) is 3.25. The summed E-state index contributed by atoms with van der Waals surface area (Å²) in [5, 5.41) is 7.02. The number of rotatable bonds is 4. The summed E-state index contributed by atoms with van der Waals surface area (Å²) >= 11 is 0. The van der Waals surface area contributed by atoms with Crippen LogP contribution < -0.4 is 5.32 Å². The normalized spacial score (nSPS) is 15.1. The first-order chi connectivity index (χ1) is 11.1. The zero-order chi connectivity index (χ0) is 16.4. The van der Waals surface area contributed by atoms with Crippen molar-refractivity contribution in [3.8, 4) is 11.4 Å². The van der Waals surface area contributed by atoms with Crippen LogP contribution in [-0.2, 0) is 11.2 Å². The van der Waals surface area contributed by atoms with Gasteiger partial charge >= 0.3 is 0 Å². The Morgan fingerprint density at radius 3 is 2.70 bits per heavy atom. The van der Waals surface area contributed by atoms with Gasteiger partial charge in [-0.2, -0.15) is 4.98 Å². The van der Waals surface area contributed by atoms with E-state index in [1.807, 2.05) is 26.8 Å². The molecule has 0 saturated heterocycles. The van der Waals surface area contributed by atoms with E-state index >= 15 is 0 Å². The van der Waals surface area contributed by atoms with Crippen molar-refractivity contribution in [1.82, 2.24) is 15.1 Å². The van der Waals surface area contributed by atoms with Gasteiger partial charge in [0.15, 0.2) is 0 Å². The largest absolute Gasteiger partial charge is 0.339 e. The average molecular weight is 314 g/mol. The first-order valence-electron chi connectivity index (χ1n) is 8.20. The SMILES string of the molecule is CCc1nc(-c2c(C)cc(C)nc2NC(=O)C2CCCC2)no1. The lowest BCUT2D eigenvalue weighted by molar-refractivity contribution is -0.119. The van der Waals surface area contributed by atoms with E-state index in [0.717, 1.165) is 42.5 Å². The molecule has 6 heteroatoms. The lowest BCUT2D eigenvalue weighted by Gasteiger charge is -2.14. The third-order valence-corrected chi connectivity index (χ3v) is 4.31. The number of aryl methyl sites for hydroxylation is 3. The molecule has 1 saturated carbocycles. The second-order valence-corrected chi connectivity index (χ2v) is 6.14. The van der Waals surface area contributed by atoms with Gasteiger partial charge in [-0.05, 0) is 38.3 Å². The first kappa shape index (κ1) is 15.6. The highest BCUT2D eigenvalue weighted by atomic mass is 16.5. The molecular weight excluding hydrogens is 292 g/mol. The van der Waals surface area contributed by atoms with Gasteiger partial charge in [-0.15, -0.1) is 0 Å². The highest BCUT2D eigenvalue weighted by Gasteiger charge is 2.25. The molecule has 0 atom stereocenters. The van der Waals surface area contributed by atoms with E-state index in [2.05, 4.69) is 20.4 Å². The van der Waals surface area contributed by atoms with Crippen LogP contribution in [-0.4, -0.2) is 21.0 Å². The van der Waals surface area contributed by atoms with Gasteiger partial charge in [-0.1, -0.05) is 24.9 Å². The van der Waals surface area contributed by atoms with Crippen molar-refractivity contribution >= 4 is 11.7 Å². The zero-order valence-electron chi connectivity index (χ0n) is 13.8. The van der Waals surface area contributed by atoms with Crippen molar-refractivity contribution in [2.45, 2.75) is 52.9 Å². The van der Waals surface area contributed by atoms with Gasteiger partial charge in [0.1, 0.15) is 5.82 Å². The summed E-state index contributed by atoms with van der Waals surface area (Å²) in [6, 6.07) is 1.96. The van der Waals surface area contributed by atoms with Gasteiger partial charge in [0.05, 0.1) is 5.56 Å². The van der Waals surface area contributed by atoms with E-state index < -0.39 is 0 Å². The molecular formula is C17H22N4O2. The lowest BCUT2D eigenvalue weighted by Crippen LogP contribution is -2.22. The Kier molecular flexibility index (Phi) is 4.41. The van der Waals surface area contributed by atoms with Crippen LogP contribution >= 0.6 is 0 Å². The van der Waals surface area contributed by atoms with Crippen LogP contribution in [0.4, 0.5) is 5.82 Å². The fourth-order valence-corrected chi connectivity index (χ4v) is 3.12. The molecule has 2 heterocycles. The van der Waals surface area contributed by atoms with E-state index in [0.29, 0.717) is 24.0 Å². The minimum absolute atomic E-state index is 0.0421. The molecule has 122 valence electrons. The average Bonchev–Trinajstić information content (AvgIpc) is 3.18. The molecule has 0 aromatic carbocycles. The van der Waals surface area contributed by atoms with E-state index in [-0.39, 0.29) is 11.8 Å². The number of carbonyl (C=O) groups excluding carboxylic acids is 1. The summed E-state index contributed by atoms with van der Waals surface area (Å²) in [6.07, 6.45) is 4.82. The van der Waals surface area contributed by atoms with Crippen LogP contribution in [0.25, 0.3) is 11.4 Å². The van der Waals surface area contributed by atoms with Gasteiger partial charge in [0.2, 0.25) is 17.6 Å². The molecule has 0 unspecified atom stereocenters. The number of anilines is 1. The number of hydrogen-bond acceptors (Lipinski definition) is 5. The van der Waals surface area contributed by atoms with Gasteiger partial charge in [-0.25, -0.2) is 4.98 Å². The number of nitrogens with one attached hydrogen (secondary N) is 1. The third-order valence-electron chi connectivity index (χ3n) is 4.31. The summed E-state index contributed by atoms with van der Waals surface area (Å²) in [7, 11) is 0. The molecule has 2 aromatic rings. The van der Waals surface area contributed by atoms with E-state index in [1.54, 1.807) is 0 Å². The zero-order valence-corrected chi connectivity index (χ0v) is 13.8. The standard InChI is InChI=1S/C17H22N4O2/c1-4-13-19-16(21-23-13)14-10(2)9-11(3)18-15(14)20-17(22)12-7-5-6-8-12/h9,12H,4-8H2,1-3H3,(H,18,20,22). The van der Waals surface area contributed by atoms with Gasteiger partial charge in [-0.3, -0.25) is 4.79 Å². The Bertz CT molecular complexity index is 717. The summed E-state index contributed by atoms with van der Waals surface area (Å²) < 4.78 is 5.21. The Labute approximate surface area is 135 Å². The second-order valence-electron chi connectivity index (χ2n) is 6.14. The van der Waals surface area contributed by atoms with Gasteiger partial charge < -0.3 is 9.84 Å². The molecule has 1 aliphatic rings. The predicted molar refractivity (Wildman–Crippen MR) is 87.0 cm³/mol. The monoisotopic (exact) mass is 314 g/mol. The molecule has 0 spiro atoms. The maximum atomic E-state index is 12.5. The van der Waals surface area contributed by atoms with E-state index in [9.17, 15) is 4.79 Å². The number of hydrogen-bond donors (Lipinski definition) is 1. The van der Waals surface area contributed by atoms with Crippen LogP contribution in [0.2, 0.25) is 0 Å². The van der Waals surface area contributed by atoms with Gasteiger partial charge in [0.25, 0.3) is 0 Å². The molecule has 1 amide bonds. The fourth-order valence-electron chi connectivity index (χ4n) is 3.12. The van der Waals surface area contributed by atoms with Gasteiger partial charge in [0, 0.05) is 18.0 Å². The Hall–Kier alpha value is -2.24. The lowest BCUT2D eigenvalue weighted by atomic mass is 10.1. The summed E-state index contributed by atoms with van der Waals surface area (Å²) in [6.45, 7) is 5.84. The van der Waals surface area contributed by atoms with Crippen molar-refractivity contribution in [2.24, 2.45) is 5.92 Å². The predicted octanol–water partition coefficient (Wildman–Crippen LogP) is 3.44. The number of pyridine rings is 1. The van der Waals surface area contributed by atoms with Crippen LogP contribution in [0.5, 0.6) is 0 Å². The number of aromatic nitrogens is 3. The molecule has 1 aliphatic carbocycles. The molecule has 1 N–H and O–H groups in total. The number of amides is 1. The molecule has 0 radical (unpaired) electrons. The quantitative estimate of drug-likeness (QED) is 0.935. The molecule has 0 aliphatic heterocycles. The number of carbonyl (C=O) groups is 1. The summed E-state index contributed by atoms with van der Waals surface area (Å²) in [5.74, 6) is 1.71. The Morgan fingerprint density at radius 2 is 2.04 bits per heavy atom. The smallest absolute Gasteiger partial charge is 0.228 e. The van der Waals surface area contributed by atoms with Crippen molar-refractivity contribution in [1.29, 1.82) is 0 Å². The first-order valence-corrected chi connectivity index (χ1v) is 8.20. The fraction of sp³-hybridized carbons (Fsp3) is 0.529. The molecule has 23 heavy (non-hydrogen) atoms. The minimum Gasteiger partial charge on any atom is -0.339 e. The maximum Gasteiger partial charge on any atom is 0.228 e. The van der Waals surface area contributed by atoms with Crippen LogP contribution in [0.3, 0.4) is 0 Å². The highest BCUT2D eigenvalue weighted by molar-refractivity contribution is 5.95. The van der Waals surface area contributed by atoms with Crippen molar-refractivity contribution < 1.29 is 9.32 Å². The molecule has 6 nitrogen and oxygen atoms in total. The molecule has 2 aromatic heterocycles. The van der Waals surface area contributed by atoms with E-state index in [4.69, 9.17) is 4.52 Å². The van der Waals surface area contributed by atoms with Crippen LogP contribution in [0.1, 0.15) is 49.8 Å². The molecule has 3 rings (SSSR count). The van der Waals surface area contributed by atoms with E-state index in [1.165, 1.54) is 0 Å². The minimum atomic E-state index is 0.0421. The second kappa shape index (κ2) is 6.48. The number of nitrogens with zero attached hydrogens (tertiary/aromatic N) is 3. The maximum absolute atomic E-state index is 12.5. The molecule has 0 bridgehead atoms. The van der Waals surface area contributed by atoms with Crippen molar-refractivity contribution in [3.05, 3.63) is 23.2 Å². The van der Waals surface area contributed by atoms with Crippen molar-refractivity contribution in [2.75, 3.05) is 5.32 Å². The topological polar surface area (TPSA) is 80.9 Å².